The van der Waals surface area contributed by atoms with Gasteiger partial charge in [-0.15, -0.1) is 0 Å². The fourth-order valence-electron chi connectivity index (χ4n) is 2.25. The van der Waals surface area contributed by atoms with Crippen LogP contribution in [0.4, 0.5) is 11.6 Å². The van der Waals surface area contributed by atoms with Gasteiger partial charge in [-0.3, -0.25) is 10.1 Å². The molecular weight excluding hydrogens is 248 g/mol. The van der Waals surface area contributed by atoms with Gasteiger partial charge in [-0.2, -0.15) is 0 Å². The highest BCUT2D eigenvalue weighted by Crippen LogP contribution is 2.27. The molecule has 1 aliphatic carbocycles. The molecule has 1 aromatic carbocycles. The minimum absolute atomic E-state index is 0.0609. The van der Waals surface area contributed by atoms with Gasteiger partial charge >= 0.3 is 0 Å². The summed E-state index contributed by atoms with van der Waals surface area (Å²) in [5.41, 5.74) is 1.45. The highest BCUT2D eigenvalue weighted by atomic mass is 16.6. The zero-order valence-electron chi connectivity index (χ0n) is 10.4. The number of aromatic amines is 1. The molecule has 1 saturated carbocycles. The van der Waals surface area contributed by atoms with Crippen LogP contribution in [0.1, 0.15) is 12.8 Å². The number of aromatic nitrogens is 2. The topological polar surface area (TPSA) is 93.1 Å². The standard InChI is InChI=1S/C12H14N4O3/c1-19-9-4-7(5-9)13-12-14-10-3-2-8(16(17)18)6-11(10)15-12/h2-3,6-7,9H,4-5H2,1H3,(H2,13,14,15). The van der Waals surface area contributed by atoms with E-state index >= 15 is 0 Å². The summed E-state index contributed by atoms with van der Waals surface area (Å²) in [6.07, 6.45) is 2.23. The molecule has 1 aliphatic rings. The van der Waals surface area contributed by atoms with Crippen LogP contribution >= 0.6 is 0 Å². The van der Waals surface area contributed by atoms with E-state index < -0.39 is 4.92 Å². The van der Waals surface area contributed by atoms with Crippen molar-refractivity contribution in [1.29, 1.82) is 0 Å². The van der Waals surface area contributed by atoms with Crippen molar-refractivity contribution in [2.75, 3.05) is 12.4 Å². The zero-order valence-corrected chi connectivity index (χ0v) is 10.4. The van der Waals surface area contributed by atoms with Crippen LogP contribution in [0.15, 0.2) is 18.2 Å². The van der Waals surface area contributed by atoms with E-state index in [0.29, 0.717) is 23.6 Å². The van der Waals surface area contributed by atoms with E-state index in [1.807, 2.05) is 0 Å². The number of nitro groups is 1. The first-order valence-electron chi connectivity index (χ1n) is 6.09. The SMILES string of the molecule is COC1CC(Nc2nc3ccc([N+](=O)[O-])cc3[nH]2)C1. The average Bonchev–Trinajstić information content (AvgIpc) is 2.74. The van der Waals surface area contributed by atoms with Gasteiger partial charge in [0.2, 0.25) is 5.95 Å². The maximum Gasteiger partial charge on any atom is 0.271 e. The molecule has 0 atom stereocenters. The maximum absolute atomic E-state index is 10.7. The molecule has 7 nitrogen and oxygen atoms in total. The predicted molar refractivity (Wildman–Crippen MR) is 70.2 cm³/mol. The van der Waals surface area contributed by atoms with E-state index in [1.165, 1.54) is 12.1 Å². The lowest BCUT2D eigenvalue weighted by atomic mass is 9.89. The summed E-state index contributed by atoms with van der Waals surface area (Å²) in [5, 5.41) is 14.0. The normalized spacial score (nSPS) is 22.2. The lowest BCUT2D eigenvalue weighted by Crippen LogP contribution is -2.40. The first kappa shape index (κ1) is 11.9. The van der Waals surface area contributed by atoms with Gasteiger partial charge in [-0.1, -0.05) is 0 Å². The summed E-state index contributed by atoms with van der Waals surface area (Å²) >= 11 is 0. The molecule has 0 amide bonds. The molecule has 1 fully saturated rings. The lowest BCUT2D eigenvalue weighted by Gasteiger charge is -2.34. The summed E-state index contributed by atoms with van der Waals surface area (Å²) < 4.78 is 5.21. The van der Waals surface area contributed by atoms with Crippen molar-refractivity contribution in [3.63, 3.8) is 0 Å². The van der Waals surface area contributed by atoms with Crippen LogP contribution in [-0.2, 0) is 4.74 Å². The number of methoxy groups -OCH3 is 1. The van der Waals surface area contributed by atoms with Crippen LogP contribution in [0.5, 0.6) is 0 Å². The molecule has 1 aromatic heterocycles. The van der Waals surface area contributed by atoms with Crippen LogP contribution in [-0.4, -0.2) is 34.1 Å². The molecular formula is C12H14N4O3. The molecule has 7 heteroatoms. The zero-order chi connectivity index (χ0) is 13.4. The minimum Gasteiger partial charge on any atom is -0.381 e. The maximum atomic E-state index is 10.7. The Morgan fingerprint density at radius 2 is 2.32 bits per heavy atom. The highest BCUT2D eigenvalue weighted by Gasteiger charge is 2.29. The number of hydrogen-bond donors (Lipinski definition) is 2. The molecule has 0 radical (unpaired) electrons. The third-order valence-electron chi connectivity index (χ3n) is 3.45. The van der Waals surface area contributed by atoms with Crippen LogP contribution in [0.25, 0.3) is 11.0 Å². The van der Waals surface area contributed by atoms with Crippen molar-refractivity contribution in [2.24, 2.45) is 0 Å². The summed E-state index contributed by atoms with van der Waals surface area (Å²) in [4.78, 5) is 17.7. The molecule has 3 rings (SSSR count). The van der Waals surface area contributed by atoms with Gasteiger partial charge in [0.15, 0.2) is 0 Å². The summed E-state index contributed by atoms with van der Waals surface area (Å²) in [5.74, 6) is 0.648. The fourth-order valence-corrected chi connectivity index (χ4v) is 2.25. The molecule has 0 spiro atoms. The molecule has 0 bridgehead atoms. The van der Waals surface area contributed by atoms with Crippen LogP contribution in [0.2, 0.25) is 0 Å². The van der Waals surface area contributed by atoms with Crippen molar-refractivity contribution in [1.82, 2.24) is 9.97 Å². The van der Waals surface area contributed by atoms with Crippen LogP contribution < -0.4 is 5.32 Å². The number of hydrogen-bond acceptors (Lipinski definition) is 5. The third-order valence-corrected chi connectivity index (χ3v) is 3.45. The Hall–Kier alpha value is -2.15. The van der Waals surface area contributed by atoms with E-state index in [2.05, 4.69) is 15.3 Å². The van der Waals surface area contributed by atoms with E-state index in [0.717, 1.165) is 18.4 Å². The second kappa shape index (κ2) is 4.51. The molecule has 2 aromatic rings. The Bertz CT molecular complexity index is 618. The van der Waals surface area contributed by atoms with Gasteiger partial charge < -0.3 is 15.0 Å². The Balaban J connectivity index is 1.76. The average molecular weight is 262 g/mol. The second-order valence-electron chi connectivity index (χ2n) is 4.71. The second-order valence-corrected chi connectivity index (χ2v) is 4.71. The van der Waals surface area contributed by atoms with E-state index in [9.17, 15) is 10.1 Å². The van der Waals surface area contributed by atoms with Gasteiger partial charge in [0, 0.05) is 25.3 Å². The van der Waals surface area contributed by atoms with Crippen molar-refractivity contribution >= 4 is 22.7 Å². The van der Waals surface area contributed by atoms with Crippen molar-refractivity contribution in [3.05, 3.63) is 28.3 Å². The van der Waals surface area contributed by atoms with Gasteiger partial charge in [0.25, 0.3) is 5.69 Å². The van der Waals surface area contributed by atoms with Crippen molar-refractivity contribution in [3.8, 4) is 0 Å². The fraction of sp³-hybridized carbons (Fsp3) is 0.417. The molecule has 0 unspecified atom stereocenters. The van der Waals surface area contributed by atoms with E-state index in [-0.39, 0.29) is 5.69 Å². The highest BCUT2D eigenvalue weighted by molar-refractivity contribution is 5.79. The summed E-state index contributed by atoms with van der Waals surface area (Å²) in [6.45, 7) is 0. The number of ether oxygens (including phenoxy) is 1. The number of rotatable bonds is 4. The van der Waals surface area contributed by atoms with Gasteiger partial charge in [0.1, 0.15) is 0 Å². The third kappa shape index (κ3) is 2.24. The molecule has 19 heavy (non-hydrogen) atoms. The monoisotopic (exact) mass is 262 g/mol. The van der Waals surface area contributed by atoms with Crippen molar-refractivity contribution in [2.45, 2.75) is 25.0 Å². The number of imidazole rings is 1. The number of nitrogens with one attached hydrogen (secondary N) is 2. The van der Waals surface area contributed by atoms with Gasteiger partial charge in [0.05, 0.1) is 22.1 Å². The van der Waals surface area contributed by atoms with Gasteiger partial charge in [-0.25, -0.2) is 4.98 Å². The number of nitro benzene ring substituents is 1. The lowest BCUT2D eigenvalue weighted by molar-refractivity contribution is -0.384. The molecule has 100 valence electrons. The summed E-state index contributed by atoms with van der Waals surface area (Å²) in [6, 6.07) is 4.94. The summed E-state index contributed by atoms with van der Waals surface area (Å²) in [7, 11) is 1.71. The Kier molecular flexibility index (Phi) is 2.83. The first-order chi connectivity index (χ1) is 9.15. The minimum atomic E-state index is -0.414. The number of fused-ring (bicyclic) bond motifs is 1. The Morgan fingerprint density at radius 1 is 1.53 bits per heavy atom. The number of H-pyrrole nitrogens is 1. The largest absolute Gasteiger partial charge is 0.381 e. The Labute approximate surface area is 109 Å². The van der Waals surface area contributed by atoms with Crippen LogP contribution in [0, 0.1) is 10.1 Å². The first-order valence-corrected chi connectivity index (χ1v) is 6.09. The van der Waals surface area contributed by atoms with E-state index in [1.54, 1.807) is 13.2 Å². The van der Waals surface area contributed by atoms with E-state index in [4.69, 9.17) is 4.74 Å². The molecule has 2 N–H and O–H groups in total. The number of nitrogens with zero attached hydrogens (tertiary/aromatic N) is 2. The smallest absolute Gasteiger partial charge is 0.271 e. The molecule has 1 heterocycles. The van der Waals surface area contributed by atoms with Crippen LogP contribution in [0.3, 0.4) is 0 Å². The molecule has 0 aliphatic heterocycles. The quantitative estimate of drug-likeness (QED) is 0.649. The van der Waals surface area contributed by atoms with Crippen molar-refractivity contribution < 1.29 is 9.66 Å². The van der Waals surface area contributed by atoms with Gasteiger partial charge in [-0.05, 0) is 18.9 Å². The number of non-ortho nitro benzene ring substituents is 1. The number of anilines is 1. The number of benzene rings is 1. The Morgan fingerprint density at radius 3 is 3.00 bits per heavy atom. The predicted octanol–water partition coefficient (Wildman–Crippen LogP) is 2.06. The molecule has 0 saturated heterocycles.